The number of hydrogen-bond donors (Lipinski definition) is 0. The quantitative estimate of drug-likeness (QED) is 0.663. The molecule has 1 aliphatic rings. The third-order valence-electron chi connectivity index (χ3n) is 3.78. The van der Waals surface area contributed by atoms with Crippen LogP contribution in [0.3, 0.4) is 0 Å². The van der Waals surface area contributed by atoms with E-state index < -0.39 is 0 Å². The molecule has 2 nitrogen and oxygen atoms in total. The van der Waals surface area contributed by atoms with Gasteiger partial charge in [0, 0.05) is 6.21 Å². The van der Waals surface area contributed by atoms with Gasteiger partial charge in [0.25, 0.3) is 0 Å². The topological polar surface area (TPSA) is 21.6 Å². The number of nitrogens with zero attached hydrogens (tertiary/aromatic N) is 1. The Morgan fingerprint density at radius 3 is 2.60 bits per heavy atom. The largest absolute Gasteiger partial charge is 0.488 e. The van der Waals surface area contributed by atoms with E-state index in [0.717, 1.165) is 11.4 Å². The van der Waals surface area contributed by atoms with Crippen molar-refractivity contribution in [3.05, 3.63) is 35.4 Å². The second-order valence-corrected chi connectivity index (χ2v) is 5.81. The van der Waals surface area contributed by atoms with Gasteiger partial charge in [-0.25, -0.2) is 0 Å². The summed E-state index contributed by atoms with van der Waals surface area (Å²) in [6, 6.07) is 4.39. The Morgan fingerprint density at radius 1 is 1.30 bits per heavy atom. The first-order valence-electron chi connectivity index (χ1n) is 7.58. The summed E-state index contributed by atoms with van der Waals surface area (Å²) >= 11 is 0. The van der Waals surface area contributed by atoms with Crippen molar-refractivity contribution >= 4 is 11.9 Å². The van der Waals surface area contributed by atoms with Gasteiger partial charge in [-0.3, -0.25) is 4.99 Å². The number of rotatable bonds is 5. The second-order valence-electron chi connectivity index (χ2n) is 5.81. The highest BCUT2D eigenvalue weighted by Crippen LogP contribution is 2.37. The summed E-state index contributed by atoms with van der Waals surface area (Å²) in [4.78, 5) is 4.57. The SMILES string of the molecule is C/C=C/C=Nc1c(C)cc(C(C)C)cc1OC1CCC1. The molecule has 0 spiro atoms. The normalized spacial score (nSPS) is 16.2. The minimum absolute atomic E-state index is 0.382. The summed E-state index contributed by atoms with van der Waals surface area (Å²) in [5, 5.41) is 0. The van der Waals surface area contributed by atoms with Crippen LogP contribution < -0.4 is 4.74 Å². The highest BCUT2D eigenvalue weighted by atomic mass is 16.5. The third kappa shape index (κ3) is 3.50. The van der Waals surface area contributed by atoms with Crippen LogP contribution in [-0.2, 0) is 0 Å². The number of ether oxygens (including phenoxy) is 1. The molecule has 0 saturated heterocycles. The molecule has 20 heavy (non-hydrogen) atoms. The van der Waals surface area contributed by atoms with E-state index in [2.05, 4.69) is 37.9 Å². The van der Waals surface area contributed by atoms with E-state index in [0.29, 0.717) is 12.0 Å². The molecule has 1 saturated carbocycles. The summed E-state index contributed by atoms with van der Waals surface area (Å²) in [6.07, 6.45) is 9.77. The number of aryl methyl sites for hydroxylation is 1. The summed E-state index contributed by atoms with van der Waals surface area (Å²) in [5.41, 5.74) is 3.48. The lowest BCUT2D eigenvalue weighted by atomic mass is 9.95. The van der Waals surface area contributed by atoms with Gasteiger partial charge in [-0.15, -0.1) is 0 Å². The van der Waals surface area contributed by atoms with Gasteiger partial charge in [0.05, 0.1) is 6.10 Å². The summed E-state index contributed by atoms with van der Waals surface area (Å²) in [5.74, 6) is 1.45. The van der Waals surface area contributed by atoms with E-state index in [1.54, 1.807) is 0 Å². The van der Waals surface area contributed by atoms with Crippen molar-refractivity contribution < 1.29 is 4.74 Å². The standard InChI is InChI=1S/C18H25NO/c1-5-6-10-19-18-14(4)11-15(13(2)3)12-17(18)20-16-8-7-9-16/h5-6,10-13,16H,7-9H2,1-4H3/b6-5+,19-10?. The lowest BCUT2D eigenvalue weighted by Crippen LogP contribution is -2.24. The van der Waals surface area contributed by atoms with Gasteiger partial charge >= 0.3 is 0 Å². The molecule has 0 N–H and O–H groups in total. The summed E-state index contributed by atoms with van der Waals surface area (Å²) in [7, 11) is 0. The first kappa shape index (κ1) is 14.8. The van der Waals surface area contributed by atoms with Crippen molar-refractivity contribution in [2.24, 2.45) is 4.99 Å². The first-order valence-corrected chi connectivity index (χ1v) is 7.58. The molecule has 1 fully saturated rings. The average Bonchev–Trinajstić information content (AvgIpc) is 2.36. The lowest BCUT2D eigenvalue weighted by molar-refractivity contribution is 0.121. The molecule has 0 unspecified atom stereocenters. The maximum atomic E-state index is 6.15. The van der Waals surface area contributed by atoms with Gasteiger partial charge in [-0.2, -0.15) is 0 Å². The van der Waals surface area contributed by atoms with E-state index in [9.17, 15) is 0 Å². The molecule has 1 aliphatic carbocycles. The van der Waals surface area contributed by atoms with Crippen LogP contribution in [0.1, 0.15) is 57.1 Å². The van der Waals surface area contributed by atoms with Crippen LogP contribution >= 0.6 is 0 Å². The van der Waals surface area contributed by atoms with Crippen molar-refractivity contribution in [3.63, 3.8) is 0 Å². The molecular weight excluding hydrogens is 246 g/mol. The molecule has 1 aromatic rings. The monoisotopic (exact) mass is 271 g/mol. The van der Waals surface area contributed by atoms with Crippen molar-refractivity contribution in [2.75, 3.05) is 0 Å². The zero-order valence-corrected chi connectivity index (χ0v) is 13.0. The van der Waals surface area contributed by atoms with Crippen LogP contribution in [0.4, 0.5) is 5.69 Å². The smallest absolute Gasteiger partial charge is 0.145 e. The predicted octanol–water partition coefficient (Wildman–Crippen LogP) is 5.33. The zero-order valence-electron chi connectivity index (χ0n) is 13.0. The predicted molar refractivity (Wildman–Crippen MR) is 86.5 cm³/mol. The van der Waals surface area contributed by atoms with Gasteiger partial charge in [0.15, 0.2) is 0 Å². The Bertz CT molecular complexity index is 510. The molecule has 0 bridgehead atoms. The molecule has 108 valence electrons. The molecule has 0 aromatic heterocycles. The molecular formula is C18H25NO. The summed E-state index contributed by atoms with van der Waals surface area (Å²) < 4.78 is 6.15. The Kier molecular flexibility index (Phi) is 4.99. The van der Waals surface area contributed by atoms with Crippen molar-refractivity contribution in [1.29, 1.82) is 0 Å². The van der Waals surface area contributed by atoms with E-state index >= 15 is 0 Å². The van der Waals surface area contributed by atoms with Crippen molar-refractivity contribution in [2.45, 2.75) is 59.0 Å². The van der Waals surface area contributed by atoms with Crippen LogP contribution in [0.2, 0.25) is 0 Å². The summed E-state index contributed by atoms with van der Waals surface area (Å²) in [6.45, 7) is 8.53. The second kappa shape index (κ2) is 6.74. The fraction of sp³-hybridized carbons (Fsp3) is 0.500. The highest BCUT2D eigenvalue weighted by molar-refractivity contribution is 5.77. The van der Waals surface area contributed by atoms with Gasteiger partial charge in [-0.1, -0.05) is 26.0 Å². The van der Waals surface area contributed by atoms with Gasteiger partial charge in [-0.05, 0) is 62.3 Å². The first-order chi connectivity index (χ1) is 9.61. The van der Waals surface area contributed by atoms with E-state index in [1.165, 1.54) is 30.4 Å². The molecule has 0 heterocycles. The fourth-order valence-electron chi connectivity index (χ4n) is 2.23. The molecule has 2 rings (SSSR count). The molecule has 1 aromatic carbocycles. The maximum Gasteiger partial charge on any atom is 0.145 e. The van der Waals surface area contributed by atoms with Gasteiger partial charge in [0.1, 0.15) is 11.4 Å². The van der Waals surface area contributed by atoms with E-state index in [-0.39, 0.29) is 0 Å². The third-order valence-corrected chi connectivity index (χ3v) is 3.78. The zero-order chi connectivity index (χ0) is 14.5. The highest BCUT2D eigenvalue weighted by Gasteiger charge is 2.21. The lowest BCUT2D eigenvalue weighted by Gasteiger charge is -2.28. The van der Waals surface area contributed by atoms with Crippen molar-refractivity contribution in [3.8, 4) is 5.75 Å². The maximum absolute atomic E-state index is 6.15. The number of aliphatic imine (C=N–C) groups is 1. The van der Waals surface area contributed by atoms with E-state index in [4.69, 9.17) is 4.74 Å². The van der Waals surface area contributed by atoms with Crippen LogP contribution in [0.25, 0.3) is 0 Å². The molecule has 0 atom stereocenters. The van der Waals surface area contributed by atoms with E-state index in [1.807, 2.05) is 25.3 Å². The van der Waals surface area contributed by atoms with Crippen LogP contribution in [0.15, 0.2) is 29.3 Å². The molecule has 2 heteroatoms. The Balaban J connectivity index is 2.35. The number of hydrogen-bond acceptors (Lipinski definition) is 2. The van der Waals surface area contributed by atoms with Crippen molar-refractivity contribution in [1.82, 2.24) is 0 Å². The van der Waals surface area contributed by atoms with Crippen LogP contribution in [0.5, 0.6) is 5.75 Å². The minimum atomic E-state index is 0.382. The Morgan fingerprint density at radius 2 is 2.05 bits per heavy atom. The Hall–Kier alpha value is -1.57. The molecule has 0 amide bonds. The average molecular weight is 271 g/mol. The number of allylic oxidation sites excluding steroid dienone is 2. The molecule has 0 aliphatic heterocycles. The Labute approximate surface area is 122 Å². The minimum Gasteiger partial charge on any atom is -0.488 e. The number of benzene rings is 1. The van der Waals surface area contributed by atoms with Gasteiger partial charge in [0.2, 0.25) is 0 Å². The van der Waals surface area contributed by atoms with Gasteiger partial charge < -0.3 is 4.74 Å². The molecule has 0 radical (unpaired) electrons. The van der Waals surface area contributed by atoms with Crippen LogP contribution in [-0.4, -0.2) is 12.3 Å². The van der Waals surface area contributed by atoms with Crippen LogP contribution in [0, 0.1) is 6.92 Å². The fourth-order valence-corrected chi connectivity index (χ4v) is 2.23.